The van der Waals surface area contributed by atoms with E-state index in [1.165, 1.54) is 0 Å². The molecular weight excluding hydrogens is 110 g/mol. The summed E-state index contributed by atoms with van der Waals surface area (Å²) in [6.07, 6.45) is 8.42. The van der Waals surface area contributed by atoms with Gasteiger partial charge >= 0.3 is 0 Å². The molecule has 0 saturated carbocycles. The molecule has 0 bridgehead atoms. The SMILES string of the molecule is C#C/C=C/NCC(C)C. The van der Waals surface area contributed by atoms with Crippen molar-refractivity contribution in [3.8, 4) is 12.3 Å². The number of hydrogen-bond donors (Lipinski definition) is 1. The van der Waals surface area contributed by atoms with Crippen molar-refractivity contribution in [2.75, 3.05) is 6.54 Å². The lowest BCUT2D eigenvalue weighted by Crippen LogP contribution is -2.12. The van der Waals surface area contributed by atoms with Crippen LogP contribution in [0.25, 0.3) is 0 Å². The lowest BCUT2D eigenvalue weighted by atomic mass is 10.2. The summed E-state index contributed by atoms with van der Waals surface area (Å²) >= 11 is 0. The Morgan fingerprint density at radius 1 is 1.67 bits per heavy atom. The van der Waals surface area contributed by atoms with Crippen molar-refractivity contribution in [2.45, 2.75) is 13.8 Å². The van der Waals surface area contributed by atoms with Crippen molar-refractivity contribution in [1.29, 1.82) is 0 Å². The number of nitrogens with one attached hydrogen (secondary N) is 1. The summed E-state index contributed by atoms with van der Waals surface area (Å²) in [6, 6.07) is 0. The topological polar surface area (TPSA) is 12.0 Å². The van der Waals surface area contributed by atoms with E-state index in [9.17, 15) is 0 Å². The molecule has 0 amide bonds. The monoisotopic (exact) mass is 123 g/mol. The normalized spacial score (nSPS) is 10.0. The van der Waals surface area contributed by atoms with Gasteiger partial charge in [0.1, 0.15) is 0 Å². The van der Waals surface area contributed by atoms with E-state index in [0.717, 1.165) is 6.54 Å². The van der Waals surface area contributed by atoms with Gasteiger partial charge in [0.05, 0.1) is 0 Å². The summed E-state index contributed by atoms with van der Waals surface area (Å²) in [6.45, 7) is 5.28. The summed E-state index contributed by atoms with van der Waals surface area (Å²) in [5, 5.41) is 3.06. The van der Waals surface area contributed by atoms with E-state index >= 15 is 0 Å². The predicted molar refractivity (Wildman–Crippen MR) is 40.8 cm³/mol. The van der Waals surface area contributed by atoms with Gasteiger partial charge in [0, 0.05) is 18.8 Å². The quantitative estimate of drug-likeness (QED) is 0.559. The van der Waals surface area contributed by atoms with Crippen LogP contribution in [0.15, 0.2) is 12.3 Å². The molecule has 0 atom stereocenters. The van der Waals surface area contributed by atoms with Gasteiger partial charge in [-0.15, -0.1) is 6.42 Å². The van der Waals surface area contributed by atoms with Gasteiger partial charge in [-0.25, -0.2) is 0 Å². The Morgan fingerprint density at radius 2 is 2.33 bits per heavy atom. The molecule has 50 valence electrons. The van der Waals surface area contributed by atoms with Crippen LogP contribution in [0, 0.1) is 18.3 Å². The van der Waals surface area contributed by atoms with Crippen LogP contribution < -0.4 is 5.32 Å². The Labute approximate surface area is 57.2 Å². The van der Waals surface area contributed by atoms with Crippen molar-refractivity contribution in [3.63, 3.8) is 0 Å². The Hall–Kier alpha value is -0.900. The largest absolute Gasteiger partial charge is 0.390 e. The minimum absolute atomic E-state index is 0.674. The Morgan fingerprint density at radius 3 is 2.78 bits per heavy atom. The lowest BCUT2D eigenvalue weighted by Gasteiger charge is -2.01. The van der Waals surface area contributed by atoms with E-state index in [-0.39, 0.29) is 0 Å². The van der Waals surface area contributed by atoms with Crippen LogP contribution in [0.4, 0.5) is 0 Å². The van der Waals surface area contributed by atoms with Crippen LogP contribution in [-0.4, -0.2) is 6.54 Å². The van der Waals surface area contributed by atoms with Crippen molar-refractivity contribution in [3.05, 3.63) is 12.3 Å². The van der Waals surface area contributed by atoms with E-state index in [1.807, 2.05) is 0 Å². The molecule has 1 N–H and O–H groups in total. The summed E-state index contributed by atoms with van der Waals surface area (Å²) < 4.78 is 0. The second-order valence-electron chi connectivity index (χ2n) is 2.30. The summed E-state index contributed by atoms with van der Waals surface area (Å²) in [7, 11) is 0. The Kier molecular flexibility index (Phi) is 4.72. The first-order valence-electron chi connectivity index (χ1n) is 3.12. The maximum absolute atomic E-state index is 4.97. The molecule has 0 aromatic carbocycles. The van der Waals surface area contributed by atoms with Crippen LogP contribution in [0.2, 0.25) is 0 Å². The zero-order chi connectivity index (χ0) is 7.11. The number of hydrogen-bond acceptors (Lipinski definition) is 1. The fourth-order valence-corrected chi connectivity index (χ4v) is 0.411. The van der Waals surface area contributed by atoms with Crippen LogP contribution in [0.5, 0.6) is 0 Å². The molecule has 0 rings (SSSR count). The van der Waals surface area contributed by atoms with Crippen LogP contribution in [0.1, 0.15) is 13.8 Å². The molecule has 9 heavy (non-hydrogen) atoms. The third-order valence-corrected chi connectivity index (χ3v) is 0.824. The maximum atomic E-state index is 4.97. The highest BCUT2D eigenvalue weighted by Gasteiger charge is 1.86. The number of rotatable bonds is 3. The first-order valence-corrected chi connectivity index (χ1v) is 3.12. The summed E-state index contributed by atoms with van der Waals surface area (Å²) in [4.78, 5) is 0. The van der Waals surface area contributed by atoms with E-state index in [0.29, 0.717) is 5.92 Å². The smallest absolute Gasteiger partial charge is 0.0164 e. The predicted octanol–water partition coefficient (Wildman–Crippen LogP) is 1.38. The Balaban J connectivity index is 3.12. The molecule has 0 radical (unpaired) electrons. The standard InChI is InChI=1S/C8H13N/c1-4-5-6-9-7-8(2)3/h1,5-6,8-9H,7H2,2-3H3/b6-5+. The molecule has 1 heteroatoms. The fraction of sp³-hybridized carbons (Fsp3) is 0.500. The van der Waals surface area contributed by atoms with Crippen LogP contribution in [-0.2, 0) is 0 Å². The Bertz CT molecular complexity index is 117. The minimum atomic E-state index is 0.674. The average Bonchev–Trinajstić information content (AvgIpc) is 1.80. The number of terminal acetylenes is 1. The molecule has 1 nitrogen and oxygen atoms in total. The summed E-state index contributed by atoms with van der Waals surface area (Å²) in [5.74, 6) is 3.07. The third kappa shape index (κ3) is 7.10. The third-order valence-electron chi connectivity index (χ3n) is 0.824. The average molecular weight is 123 g/mol. The molecule has 0 aliphatic heterocycles. The second-order valence-corrected chi connectivity index (χ2v) is 2.30. The molecule has 0 aromatic heterocycles. The molecule has 0 saturated heterocycles. The van der Waals surface area contributed by atoms with E-state index in [2.05, 4.69) is 25.1 Å². The molecule has 0 aliphatic rings. The molecule has 0 spiro atoms. The van der Waals surface area contributed by atoms with Gasteiger partial charge in [0.15, 0.2) is 0 Å². The molecule has 0 aromatic rings. The molecular formula is C8H13N. The van der Waals surface area contributed by atoms with Crippen molar-refractivity contribution >= 4 is 0 Å². The lowest BCUT2D eigenvalue weighted by molar-refractivity contribution is 0.611. The molecule has 0 aliphatic carbocycles. The van der Waals surface area contributed by atoms with Gasteiger partial charge in [0.25, 0.3) is 0 Å². The fourth-order valence-electron chi connectivity index (χ4n) is 0.411. The van der Waals surface area contributed by atoms with E-state index in [4.69, 9.17) is 6.42 Å². The van der Waals surface area contributed by atoms with Crippen molar-refractivity contribution in [1.82, 2.24) is 5.32 Å². The zero-order valence-corrected chi connectivity index (χ0v) is 6.02. The maximum Gasteiger partial charge on any atom is 0.0164 e. The van der Waals surface area contributed by atoms with Gasteiger partial charge in [-0.2, -0.15) is 0 Å². The highest BCUT2D eigenvalue weighted by Crippen LogP contribution is 1.85. The van der Waals surface area contributed by atoms with Gasteiger partial charge < -0.3 is 5.32 Å². The summed E-state index contributed by atoms with van der Waals surface area (Å²) in [5.41, 5.74) is 0. The van der Waals surface area contributed by atoms with Gasteiger partial charge in [0.2, 0.25) is 0 Å². The van der Waals surface area contributed by atoms with Crippen molar-refractivity contribution in [2.24, 2.45) is 5.92 Å². The molecule has 0 heterocycles. The van der Waals surface area contributed by atoms with Gasteiger partial charge in [-0.3, -0.25) is 0 Å². The molecule has 0 fully saturated rings. The van der Waals surface area contributed by atoms with Crippen LogP contribution >= 0.6 is 0 Å². The highest BCUT2D eigenvalue weighted by molar-refractivity contribution is 5.07. The zero-order valence-electron chi connectivity index (χ0n) is 6.02. The van der Waals surface area contributed by atoms with Gasteiger partial charge in [-0.05, 0) is 5.92 Å². The first kappa shape index (κ1) is 8.10. The van der Waals surface area contributed by atoms with E-state index < -0.39 is 0 Å². The first-order chi connectivity index (χ1) is 4.27. The highest BCUT2D eigenvalue weighted by atomic mass is 14.8. The van der Waals surface area contributed by atoms with Crippen molar-refractivity contribution < 1.29 is 0 Å². The molecule has 0 unspecified atom stereocenters. The van der Waals surface area contributed by atoms with Gasteiger partial charge in [-0.1, -0.05) is 19.8 Å². The minimum Gasteiger partial charge on any atom is -0.390 e. The van der Waals surface area contributed by atoms with E-state index in [1.54, 1.807) is 12.3 Å². The second kappa shape index (κ2) is 5.24. The number of allylic oxidation sites excluding steroid dienone is 1. The van der Waals surface area contributed by atoms with Crippen LogP contribution in [0.3, 0.4) is 0 Å².